The zero-order chi connectivity index (χ0) is 23.4. The molecule has 0 saturated carbocycles. The zero-order valence-corrected chi connectivity index (χ0v) is 21.1. The molecule has 1 atom stereocenters. The third-order valence-corrected chi connectivity index (χ3v) is 10.8. The molecule has 2 heterocycles. The number of anilines is 1. The summed E-state index contributed by atoms with van der Waals surface area (Å²) in [7, 11) is -2.64. The van der Waals surface area contributed by atoms with E-state index >= 15 is 0 Å². The summed E-state index contributed by atoms with van der Waals surface area (Å²) in [4.78, 5) is 4.87. The van der Waals surface area contributed by atoms with Gasteiger partial charge in [0.1, 0.15) is 0 Å². The Bertz CT molecular complexity index is 1070. The van der Waals surface area contributed by atoms with Gasteiger partial charge in [-0.1, -0.05) is 55.5 Å². The van der Waals surface area contributed by atoms with Crippen molar-refractivity contribution in [1.82, 2.24) is 9.57 Å². The predicted molar refractivity (Wildman–Crippen MR) is 141 cm³/mol. The summed E-state index contributed by atoms with van der Waals surface area (Å²) < 4.78 is 22.8. The van der Waals surface area contributed by atoms with Crippen molar-refractivity contribution in [3.05, 3.63) is 82.8 Å². The summed E-state index contributed by atoms with van der Waals surface area (Å²) in [5.74, 6) is 0. The fourth-order valence-electron chi connectivity index (χ4n) is 5.56. The molecule has 0 radical (unpaired) electrons. The number of rotatable bonds is 6. The van der Waals surface area contributed by atoms with Gasteiger partial charge < -0.3 is 19.1 Å². The lowest BCUT2D eigenvalue weighted by Crippen LogP contribution is -2.45. The molecule has 0 spiro atoms. The van der Waals surface area contributed by atoms with E-state index in [-0.39, 0.29) is 0 Å². The molecule has 2 aromatic rings. The van der Waals surface area contributed by atoms with Crippen molar-refractivity contribution in [2.45, 2.75) is 19.8 Å². The molecule has 5 rings (SSSR count). The molecule has 1 unspecified atom stereocenters. The van der Waals surface area contributed by atoms with Crippen LogP contribution in [0.15, 0.2) is 77.2 Å². The maximum atomic E-state index is 14.8. The van der Waals surface area contributed by atoms with Crippen LogP contribution in [0.3, 0.4) is 0 Å². The summed E-state index contributed by atoms with van der Waals surface area (Å²) >= 11 is 0. The second-order valence-electron chi connectivity index (χ2n) is 9.27. The van der Waals surface area contributed by atoms with Gasteiger partial charge in [0.25, 0.3) is 0 Å². The second kappa shape index (κ2) is 10.5. The van der Waals surface area contributed by atoms with Crippen LogP contribution in [0.5, 0.6) is 0 Å². The lowest BCUT2D eigenvalue weighted by atomic mass is 10.1. The van der Waals surface area contributed by atoms with Crippen LogP contribution in [0, 0.1) is 0 Å². The Labute approximate surface area is 204 Å². The zero-order valence-electron chi connectivity index (χ0n) is 20.2. The minimum Gasteiger partial charge on any atom is -0.378 e. The second-order valence-corrected chi connectivity index (χ2v) is 12.4. The number of nitrogens with zero attached hydrogens (tertiary/aromatic N) is 3. The van der Waals surface area contributed by atoms with E-state index in [0.29, 0.717) is 6.16 Å². The van der Waals surface area contributed by atoms with Crippen molar-refractivity contribution < 1.29 is 9.30 Å². The van der Waals surface area contributed by atoms with Gasteiger partial charge in [0.2, 0.25) is 0 Å². The Balaban J connectivity index is 1.45. The van der Waals surface area contributed by atoms with Crippen molar-refractivity contribution in [3.8, 4) is 0 Å². The van der Waals surface area contributed by atoms with E-state index in [2.05, 4.69) is 88.1 Å². The molecule has 180 valence electrons. The molecule has 0 bridgehead atoms. The smallest absolute Gasteiger partial charge is 0.176 e. The highest BCUT2D eigenvalue weighted by Crippen LogP contribution is 2.63. The number of allylic oxidation sites excluding steroid dienone is 2. The monoisotopic (exact) mass is 477 g/mol. The Morgan fingerprint density at radius 3 is 2.12 bits per heavy atom. The van der Waals surface area contributed by atoms with E-state index in [1.807, 2.05) is 0 Å². The number of hydrogen-bond acceptors (Lipinski definition) is 4. The van der Waals surface area contributed by atoms with Crippen LogP contribution >= 0.6 is 7.29 Å². The normalized spacial score (nSPS) is 22.9. The third-order valence-electron chi connectivity index (χ3n) is 7.36. The molecule has 0 amide bonds. The first-order valence-corrected chi connectivity index (χ1v) is 14.5. The van der Waals surface area contributed by atoms with E-state index in [1.165, 1.54) is 27.8 Å². The lowest BCUT2D eigenvalue weighted by Gasteiger charge is -2.41. The Morgan fingerprint density at radius 1 is 0.824 bits per heavy atom. The topological polar surface area (TPSA) is 36.0 Å². The fourth-order valence-corrected chi connectivity index (χ4v) is 8.58. The van der Waals surface area contributed by atoms with E-state index in [9.17, 15) is 4.57 Å². The van der Waals surface area contributed by atoms with Crippen molar-refractivity contribution in [3.63, 3.8) is 0 Å². The Hall–Kier alpha value is -2.33. The first-order chi connectivity index (χ1) is 16.7. The minimum absolute atomic E-state index is 0.695. The van der Waals surface area contributed by atoms with Crippen LogP contribution in [-0.4, -0.2) is 68.2 Å². The number of para-hydroxylation sites is 1. The molecule has 0 N–H and O–H groups in total. The number of morpholine rings is 1. The van der Waals surface area contributed by atoms with Gasteiger partial charge >= 0.3 is 0 Å². The molecule has 2 aliphatic heterocycles. The van der Waals surface area contributed by atoms with Crippen molar-refractivity contribution in [2.75, 3.05) is 63.5 Å². The summed E-state index contributed by atoms with van der Waals surface area (Å²) in [5.41, 5.74) is 5.06. The van der Waals surface area contributed by atoms with E-state index in [0.717, 1.165) is 65.3 Å². The van der Waals surface area contributed by atoms with Crippen LogP contribution in [-0.2, 0) is 9.30 Å². The number of ether oxygens (including phenoxy) is 1. The molecule has 34 heavy (non-hydrogen) atoms. The average Bonchev–Trinajstić information content (AvgIpc) is 3.34. The molecule has 2 fully saturated rings. The molecule has 0 aromatic heterocycles. The van der Waals surface area contributed by atoms with Gasteiger partial charge in [-0.05, 0) is 42.2 Å². The molecule has 2 saturated heterocycles. The first kappa shape index (κ1) is 23.4. The first-order valence-electron chi connectivity index (χ1n) is 12.7. The Morgan fingerprint density at radius 2 is 1.47 bits per heavy atom. The molecule has 2 aromatic carbocycles. The number of hydrogen-bond donors (Lipinski definition) is 0. The summed E-state index contributed by atoms with van der Waals surface area (Å²) in [6, 6.07) is 21.1. The van der Waals surface area contributed by atoms with Gasteiger partial charge in [-0.15, -0.1) is 0 Å². The van der Waals surface area contributed by atoms with Crippen LogP contribution in [0.1, 0.15) is 25.3 Å². The average molecular weight is 478 g/mol. The molecule has 3 aliphatic rings. The van der Waals surface area contributed by atoms with Crippen LogP contribution in [0.2, 0.25) is 0 Å². The highest BCUT2D eigenvalue weighted by molar-refractivity contribution is 7.65. The van der Waals surface area contributed by atoms with E-state index in [4.69, 9.17) is 4.74 Å². The van der Waals surface area contributed by atoms with Crippen molar-refractivity contribution in [2.24, 2.45) is 0 Å². The van der Waals surface area contributed by atoms with E-state index < -0.39 is 7.29 Å². The molecule has 1 aliphatic carbocycles. The Kier molecular flexibility index (Phi) is 7.24. The van der Waals surface area contributed by atoms with Crippen molar-refractivity contribution >= 4 is 19.1 Å². The highest BCUT2D eigenvalue weighted by Gasteiger charge is 2.41. The minimum atomic E-state index is -2.64. The number of piperazine rings is 1. The quantitative estimate of drug-likeness (QED) is 0.512. The van der Waals surface area contributed by atoms with Crippen molar-refractivity contribution in [1.29, 1.82) is 0 Å². The third kappa shape index (κ3) is 4.75. The maximum Gasteiger partial charge on any atom is 0.176 e. The van der Waals surface area contributed by atoms with Gasteiger partial charge in [-0.25, -0.2) is 4.67 Å². The van der Waals surface area contributed by atoms with E-state index in [1.54, 1.807) is 0 Å². The van der Waals surface area contributed by atoms with Gasteiger partial charge in [-0.3, -0.25) is 0 Å². The molecule has 5 nitrogen and oxygen atoms in total. The van der Waals surface area contributed by atoms with Crippen LogP contribution in [0.4, 0.5) is 5.69 Å². The fraction of sp³-hybridized carbons (Fsp3) is 0.429. The molecule has 6 heteroatoms. The summed E-state index contributed by atoms with van der Waals surface area (Å²) in [6.45, 7) is 8.86. The maximum absolute atomic E-state index is 14.8. The van der Waals surface area contributed by atoms with Gasteiger partial charge in [0, 0.05) is 62.1 Å². The van der Waals surface area contributed by atoms with Gasteiger partial charge in [0.15, 0.2) is 7.29 Å². The predicted octanol–water partition coefficient (Wildman–Crippen LogP) is 5.53. The SMILES string of the molecule is CCP(=O)(C1=C(N2CCOCC2)/C(=C/c2ccccc2)CC1)N1CCN(c2ccccc2)CC1. The van der Waals surface area contributed by atoms with Crippen LogP contribution < -0.4 is 4.90 Å². The molecular weight excluding hydrogens is 441 g/mol. The summed E-state index contributed by atoms with van der Waals surface area (Å²) in [5, 5.41) is 1.20. The standard InChI is InChI=1S/C28H36N3O2P/c1-2-34(32,31-17-15-29(16-18-31)26-11-7-4-8-12-26)27-14-13-25(23-24-9-5-3-6-10-24)28(27)30-19-21-33-22-20-30/h3-12,23H,2,13-22H2,1H3/b25-23+. The van der Waals surface area contributed by atoms with Gasteiger partial charge in [0.05, 0.1) is 13.2 Å². The molecular formula is C28H36N3O2P. The number of benzene rings is 2. The highest BCUT2D eigenvalue weighted by atomic mass is 31.2. The largest absolute Gasteiger partial charge is 0.378 e. The summed E-state index contributed by atoms with van der Waals surface area (Å²) in [6.07, 6.45) is 4.87. The van der Waals surface area contributed by atoms with Crippen LogP contribution in [0.25, 0.3) is 6.08 Å². The van der Waals surface area contributed by atoms with Gasteiger partial charge in [-0.2, -0.15) is 0 Å². The lowest BCUT2D eigenvalue weighted by molar-refractivity contribution is 0.0548.